The van der Waals surface area contributed by atoms with Crippen LogP contribution in [0.25, 0.3) is 5.69 Å². The lowest BCUT2D eigenvalue weighted by molar-refractivity contribution is 0.511. The minimum absolute atomic E-state index is 0.161. The molecule has 0 aliphatic rings. The van der Waals surface area contributed by atoms with Gasteiger partial charge >= 0.3 is 0 Å². The third-order valence-corrected chi connectivity index (χ3v) is 3.17. The monoisotopic (exact) mass is 285 g/mol. The molecule has 0 fully saturated rings. The fourth-order valence-corrected chi connectivity index (χ4v) is 2.04. The lowest BCUT2D eigenvalue weighted by Crippen LogP contribution is -2.02. The first-order chi connectivity index (χ1) is 10.2. The average Bonchev–Trinajstić information content (AvgIpc) is 3.04. The summed E-state index contributed by atoms with van der Waals surface area (Å²) < 4.78 is 28.5. The van der Waals surface area contributed by atoms with E-state index in [1.165, 1.54) is 12.1 Å². The van der Waals surface area contributed by atoms with Crippen molar-refractivity contribution in [2.75, 3.05) is 5.32 Å². The summed E-state index contributed by atoms with van der Waals surface area (Å²) in [5.74, 6) is -1.71. The summed E-state index contributed by atoms with van der Waals surface area (Å²) in [5.41, 5.74) is 2.13. The van der Waals surface area contributed by atoms with E-state index in [-0.39, 0.29) is 5.69 Å². The van der Waals surface area contributed by atoms with Crippen LogP contribution < -0.4 is 5.32 Å². The van der Waals surface area contributed by atoms with Crippen LogP contribution in [-0.2, 0) is 6.54 Å². The number of imidazole rings is 1. The Bertz CT molecular complexity index is 722. The van der Waals surface area contributed by atoms with E-state index in [0.29, 0.717) is 6.54 Å². The van der Waals surface area contributed by atoms with Crippen molar-refractivity contribution in [3.63, 3.8) is 0 Å². The van der Waals surface area contributed by atoms with E-state index in [4.69, 9.17) is 0 Å². The fourth-order valence-electron chi connectivity index (χ4n) is 2.04. The summed E-state index contributed by atoms with van der Waals surface area (Å²) in [6.07, 6.45) is 5.28. The summed E-state index contributed by atoms with van der Waals surface area (Å²) >= 11 is 0. The van der Waals surface area contributed by atoms with Crippen LogP contribution >= 0.6 is 0 Å². The van der Waals surface area contributed by atoms with Gasteiger partial charge in [0.2, 0.25) is 0 Å². The van der Waals surface area contributed by atoms with Crippen molar-refractivity contribution >= 4 is 5.69 Å². The molecule has 21 heavy (non-hydrogen) atoms. The Labute approximate surface area is 120 Å². The van der Waals surface area contributed by atoms with Crippen molar-refractivity contribution in [3.8, 4) is 5.69 Å². The first-order valence-corrected chi connectivity index (χ1v) is 6.49. The standard InChI is InChI=1S/C16H13F2N3/c17-14-2-1-3-15(16(14)18)20-10-12-4-6-13(7-5-12)21-9-8-19-11-21/h1-9,11,20H,10H2. The minimum Gasteiger partial charge on any atom is -0.379 e. The van der Waals surface area contributed by atoms with Crippen LogP contribution in [-0.4, -0.2) is 9.55 Å². The van der Waals surface area contributed by atoms with E-state index >= 15 is 0 Å². The van der Waals surface area contributed by atoms with Crippen LogP contribution in [0.3, 0.4) is 0 Å². The molecule has 1 N–H and O–H groups in total. The quantitative estimate of drug-likeness (QED) is 0.791. The van der Waals surface area contributed by atoms with E-state index in [0.717, 1.165) is 17.3 Å². The maximum atomic E-state index is 13.5. The molecule has 1 aromatic heterocycles. The predicted octanol–water partition coefficient (Wildman–Crippen LogP) is 3.76. The molecule has 3 rings (SSSR count). The van der Waals surface area contributed by atoms with Crippen molar-refractivity contribution in [3.05, 3.63) is 78.4 Å². The fraction of sp³-hybridized carbons (Fsp3) is 0.0625. The van der Waals surface area contributed by atoms with Gasteiger partial charge in [-0.25, -0.2) is 13.8 Å². The van der Waals surface area contributed by atoms with Crippen molar-refractivity contribution in [1.82, 2.24) is 9.55 Å². The Morgan fingerprint density at radius 3 is 2.57 bits per heavy atom. The number of nitrogens with zero attached hydrogens (tertiary/aromatic N) is 2. The first kappa shape index (κ1) is 13.3. The van der Waals surface area contributed by atoms with E-state index in [9.17, 15) is 8.78 Å². The lowest BCUT2D eigenvalue weighted by Gasteiger charge is -2.09. The molecule has 0 unspecified atom stereocenters. The molecule has 0 amide bonds. The van der Waals surface area contributed by atoms with Gasteiger partial charge in [0.25, 0.3) is 0 Å². The van der Waals surface area contributed by atoms with E-state index in [1.54, 1.807) is 12.5 Å². The van der Waals surface area contributed by atoms with Gasteiger partial charge in [-0.1, -0.05) is 18.2 Å². The van der Waals surface area contributed by atoms with Gasteiger partial charge in [-0.15, -0.1) is 0 Å². The smallest absolute Gasteiger partial charge is 0.181 e. The normalized spacial score (nSPS) is 10.6. The molecule has 0 aliphatic carbocycles. The molecule has 0 aliphatic heterocycles. The number of hydrogen-bond acceptors (Lipinski definition) is 2. The van der Waals surface area contributed by atoms with E-state index in [1.807, 2.05) is 35.0 Å². The Kier molecular flexibility index (Phi) is 3.64. The Morgan fingerprint density at radius 2 is 1.86 bits per heavy atom. The molecule has 0 saturated heterocycles. The second-order valence-electron chi connectivity index (χ2n) is 4.59. The van der Waals surface area contributed by atoms with Gasteiger partial charge in [-0.2, -0.15) is 0 Å². The topological polar surface area (TPSA) is 29.9 Å². The third-order valence-electron chi connectivity index (χ3n) is 3.17. The van der Waals surface area contributed by atoms with Crippen LogP contribution in [0, 0.1) is 11.6 Å². The zero-order valence-electron chi connectivity index (χ0n) is 11.1. The van der Waals surface area contributed by atoms with Gasteiger partial charge in [0.1, 0.15) is 0 Å². The first-order valence-electron chi connectivity index (χ1n) is 6.49. The Hall–Kier alpha value is -2.69. The second-order valence-corrected chi connectivity index (χ2v) is 4.59. The number of benzene rings is 2. The molecule has 0 atom stereocenters. The number of rotatable bonds is 4. The molecule has 5 heteroatoms. The van der Waals surface area contributed by atoms with Crippen molar-refractivity contribution in [2.45, 2.75) is 6.54 Å². The second kappa shape index (κ2) is 5.75. The highest BCUT2D eigenvalue weighted by molar-refractivity contribution is 5.46. The number of nitrogens with one attached hydrogen (secondary N) is 1. The highest BCUT2D eigenvalue weighted by Gasteiger charge is 2.06. The molecule has 3 aromatic rings. The summed E-state index contributed by atoms with van der Waals surface area (Å²) in [7, 11) is 0. The molecule has 0 spiro atoms. The zero-order valence-corrected chi connectivity index (χ0v) is 11.1. The molecule has 1 heterocycles. The number of hydrogen-bond donors (Lipinski definition) is 1. The predicted molar refractivity (Wildman–Crippen MR) is 77.2 cm³/mol. The highest BCUT2D eigenvalue weighted by atomic mass is 19.2. The average molecular weight is 285 g/mol. The van der Waals surface area contributed by atoms with Gasteiger partial charge < -0.3 is 9.88 Å². The lowest BCUT2D eigenvalue weighted by atomic mass is 10.2. The number of aromatic nitrogens is 2. The maximum Gasteiger partial charge on any atom is 0.181 e. The third kappa shape index (κ3) is 2.91. The molecule has 0 bridgehead atoms. The number of anilines is 1. The van der Waals surface area contributed by atoms with Gasteiger partial charge in [-0.05, 0) is 29.8 Å². The zero-order chi connectivity index (χ0) is 14.7. The van der Waals surface area contributed by atoms with E-state index in [2.05, 4.69) is 10.3 Å². The van der Waals surface area contributed by atoms with Gasteiger partial charge in [-0.3, -0.25) is 0 Å². The highest BCUT2D eigenvalue weighted by Crippen LogP contribution is 2.18. The van der Waals surface area contributed by atoms with Gasteiger partial charge in [0.15, 0.2) is 11.6 Å². The molecular formula is C16H13F2N3. The summed E-state index contributed by atoms with van der Waals surface area (Å²) in [4.78, 5) is 3.99. The molecule has 0 saturated carbocycles. The summed E-state index contributed by atoms with van der Waals surface area (Å²) in [5, 5.41) is 2.89. The molecule has 106 valence electrons. The van der Waals surface area contributed by atoms with Crippen LogP contribution in [0.2, 0.25) is 0 Å². The van der Waals surface area contributed by atoms with Gasteiger partial charge in [0.05, 0.1) is 12.0 Å². The Morgan fingerprint density at radius 1 is 1.05 bits per heavy atom. The van der Waals surface area contributed by atoms with Crippen LogP contribution in [0.15, 0.2) is 61.2 Å². The molecule has 3 nitrogen and oxygen atoms in total. The SMILES string of the molecule is Fc1cccc(NCc2ccc(-n3ccnc3)cc2)c1F. The minimum atomic E-state index is -0.854. The van der Waals surface area contributed by atoms with Crippen LogP contribution in [0.5, 0.6) is 0 Å². The summed E-state index contributed by atoms with van der Waals surface area (Å²) in [6.45, 7) is 0.421. The molecular weight excluding hydrogens is 272 g/mol. The summed E-state index contributed by atoms with van der Waals surface area (Å²) in [6, 6.07) is 11.8. The van der Waals surface area contributed by atoms with E-state index < -0.39 is 11.6 Å². The van der Waals surface area contributed by atoms with Crippen molar-refractivity contribution in [1.29, 1.82) is 0 Å². The maximum absolute atomic E-state index is 13.5. The number of halogens is 2. The Balaban J connectivity index is 1.70. The van der Waals surface area contributed by atoms with Gasteiger partial charge in [0, 0.05) is 24.6 Å². The molecule has 2 aromatic carbocycles. The van der Waals surface area contributed by atoms with Crippen LogP contribution in [0.4, 0.5) is 14.5 Å². The van der Waals surface area contributed by atoms with Crippen molar-refractivity contribution < 1.29 is 8.78 Å². The van der Waals surface area contributed by atoms with Crippen LogP contribution in [0.1, 0.15) is 5.56 Å². The largest absolute Gasteiger partial charge is 0.379 e. The molecule has 0 radical (unpaired) electrons. The van der Waals surface area contributed by atoms with Crippen molar-refractivity contribution in [2.24, 2.45) is 0 Å².